The van der Waals surface area contributed by atoms with Crippen LogP contribution in [0.3, 0.4) is 0 Å². The number of carbonyl (C=O) groups is 2. The molecule has 1 heterocycles. The van der Waals surface area contributed by atoms with E-state index in [4.69, 9.17) is 0 Å². The van der Waals surface area contributed by atoms with Crippen molar-refractivity contribution in [3.05, 3.63) is 59.7 Å². The molecule has 1 aromatic heterocycles. The second-order valence-corrected chi connectivity index (χ2v) is 8.07. The van der Waals surface area contributed by atoms with Crippen LogP contribution >= 0.6 is 11.8 Å². The van der Waals surface area contributed by atoms with Crippen LogP contribution < -0.4 is 10.6 Å². The number of imide groups is 1. The summed E-state index contributed by atoms with van der Waals surface area (Å²) in [5, 5.41) is 5.15. The zero-order valence-corrected chi connectivity index (χ0v) is 17.7. The first-order chi connectivity index (χ1) is 14.6. The predicted octanol–water partition coefficient (Wildman–Crippen LogP) is 4.43. The van der Waals surface area contributed by atoms with E-state index in [0.29, 0.717) is 17.2 Å². The molecule has 3 rings (SSSR count). The van der Waals surface area contributed by atoms with E-state index in [1.165, 1.54) is 6.07 Å². The van der Waals surface area contributed by atoms with Crippen molar-refractivity contribution < 1.29 is 22.8 Å². The van der Waals surface area contributed by atoms with Crippen molar-refractivity contribution in [2.24, 2.45) is 0 Å². The number of rotatable bonds is 6. The standard InChI is InChI=1S/C21H21F3N4O2S/c1-13(2)25-19(30)27-18(29)12-31-20-26-16-10-15(21(22,23)24)8-9-17(16)28(20)11-14-6-4-3-5-7-14/h3-10,13H,11-12H2,1-2H3,(H2,25,27,29,30). The summed E-state index contributed by atoms with van der Waals surface area (Å²) in [7, 11) is 0. The quantitative estimate of drug-likeness (QED) is 0.545. The molecule has 2 N–H and O–H groups in total. The van der Waals surface area contributed by atoms with E-state index in [2.05, 4.69) is 15.6 Å². The maximum Gasteiger partial charge on any atom is 0.416 e. The van der Waals surface area contributed by atoms with Gasteiger partial charge in [-0.1, -0.05) is 42.1 Å². The molecule has 0 aliphatic rings. The Labute approximate surface area is 181 Å². The van der Waals surface area contributed by atoms with Gasteiger partial charge in [-0.3, -0.25) is 10.1 Å². The molecular weight excluding hydrogens is 429 g/mol. The first-order valence-corrected chi connectivity index (χ1v) is 10.5. The molecule has 0 radical (unpaired) electrons. The fourth-order valence-corrected chi connectivity index (χ4v) is 3.72. The molecule has 0 atom stereocenters. The molecule has 0 saturated carbocycles. The van der Waals surface area contributed by atoms with Crippen molar-refractivity contribution in [3.8, 4) is 0 Å². The number of benzene rings is 2. The molecule has 0 bridgehead atoms. The molecule has 31 heavy (non-hydrogen) atoms. The minimum atomic E-state index is -4.48. The van der Waals surface area contributed by atoms with Crippen LogP contribution in [0.2, 0.25) is 0 Å². The molecular formula is C21H21F3N4O2S. The van der Waals surface area contributed by atoms with Gasteiger partial charge in [0.15, 0.2) is 5.16 Å². The smallest absolute Gasteiger partial charge is 0.336 e. The molecule has 0 unspecified atom stereocenters. The lowest BCUT2D eigenvalue weighted by Crippen LogP contribution is -2.43. The number of aromatic nitrogens is 2. The number of hydrogen-bond donors (Lipinski definition) is 2. The number of thioether (sulfide) groups is 1. The van der Waals surface area contributed by atoms with Gasteiger partial charge < -0.3 is 9.88 Å². The Morgan fingerprint density at radius 1 is 1.13 bits per heavy atom. The fourth-order valence-electron chi connectivity index (χ4n) is 2.90. The Hall–Kier alpha value is -3.01. The predicted molar refractivity (Wildman–Crippen MR) is 113 cm³/mol. The summed E-state index contributed by atoms with van der Waals surface area (Å²) in [5.74, 6) is -0.645. The van der Waals surface area contributed by atoms with Crippen LogP contribution in [0.25, 0.3) is 11.0 Å². The molecule has 0 aliphatic carbocycles. The summed E-state index contributed by atoms with van der Waals surface area (Å²) in [6, 6.07) is 12.1. The zero-order chi connectivity index (χ0) is 22.6. The van der Waals surface area contributed by atoms with Crippen LogP contribution in [0, 0.1) is 0 Å². The lowest BCUT2D eigenvalue weighted by molar-refractivity contribution is -0.137. The highest BCUT2D eigenvalue weighted by atomic mass is 32.2. The highest BCUT2D eigenvalue weighted by Gasteiger charge is 2.31. The Kier molecular flexibility index (Phi) is 6.89. The Bertz CT molecular complexity index is 1080. The van der Waals surface area contributed by atoms with Gasteiger partial charge in [-0.15, -0.1) is 0 Å². The Morgan fingerprint density at radius 3 is 2.48 bits per heavy atom. The van der Waals surface area contributed by atoms with Gasteiger partial charge in [-0.05, 0) is 37.6 Å². The number of nitrogens with zero attached hydrogens (tertiary/aromatic N) is 2. The number of hydrogen-bond acceptors (Lipinski definition) is 4. The van der Waals surface area contributed by atoms with E-state index >= 15 is 0 Å². The molecule has 3 amide bonds. The van der Waals surface area contributed by atoms with Crippen molar-refractivity contribution in [1.82, 2.24) is 20.2 Å². The largest absolute Gasteiger partial charge is 0.416 e. The van der Waals surface area contributed by atoms with Gasteiger partial charge in [-0.25, -0.2) is 9.78 Å². The van der Waals surface area contributed by atoms with Crippen LogP contribution in [-0.2, 0) is 17.5 Å². The number of amides is 3. The summed E-state index contributed by atoms with van der Waals surface area (Å²) in [6.45, 7) is 3.90. The molecule has 3 aromatic rings. The van der Waals surface area contributed by atoms with Gasteiger partial charge >= 0.3 is 12.2 Å². The van der Waals surface area contributed by atoms with E-state index in [9.17, 15) is 22.8 Å². The number of carbonyl (C=O) groups excluding carboxylic acids is 2. The van der Waals surface area contributed by atoms with E-state index in [1.54, 1.807) is 18.4 Å². The molecule has 0 aliphatic heterocycles. The second-order valence-electron chi connectivity index (χ2n) is 7.13. The third-order valence-corrected chi connectivity index (χ3v) is 5.21. The van der Waals surface area contributed by atoms with Crippen LogP contribution in [-0.4, -0.2) is 33.3 Å². The van der Waals surface area contributed by atoms with Gasteiger partial charge in [0.05, 0.1) is 28.9 Å². The Morgan fingerprint density at radius 2 is 1.84 bits per heavy atom. The lowest BCUT2D eigenvalue weighted by atomic mass is 10.2. The van der Waals surface area contributed by atoms with Crippen LogP contribution in [0.1, 0.15) is 25.0 Å². The van der Waals surface area contributed by atoms with E-state index in [0.717, 1.165) is 29.5 Å². The third kappa shape index (κ3) is 6.00. The van der Waals surface area contributed by atoms with Crippen LogP contribution in [0.5, 0.6) is 0 Å². The monoisotopic (exact) mass is 450 g/mol. The molecule has 164 valence electrons. The van der Waals surface area contributed by atoms with Gasteiger partial charge in [0.2, 0.25) is 5.91 Å². The van der Waals surface area contributed by atoms with Crippen molar-refractivity contribution in [2.75, 3.05) is 5.75 Å². The maximum atomic E-state index is 13.1. The minimum absolute atomic E-state index is 0.115. The van der Waals surface area contributed by atoms with E-state index < -0.39 is 23.7 Å². The molecule has 0 saturated heterocycles. The first-order valence-electron chi connectivity index (χ1n) is 9.48. The van der Waals surface area contributed by atoms with Crippen molar-refractivity contribution in [3.63, 3.8) is 0 Å². The van der Waals surface area contributed by atoms with Gasteiger partial charge in [0, 0.05) is 6.04 Å². The molecule has 6 nitrogen and oxygen atoms in total. The van der Waals surface area contributed by atoms with Crippen molar-refractivity contribution in [1.29, 1.82) is 0 Å². The van der Waals surface area contributed by atoms with Crippen molar-refractivity contribution >= 4 is 34.7 Å². The Balaban J connectivity index is 1.86. The SMILES string of the molecule is CC(C)NC(=O)NC(=O)CSc1nc2cc(C(F)(F)F)ccc2n1Cc1ccccc1. The van der Waals surface area contributed by atoms with Crippen LogP contribution in [0.4, 0.5) is 18.0 Å². The molecule has 10 heteroatoms. The van der Waals surface area contributed by atoms with Crippen LogP contribution in [0.15, 0.2) is 53.7 Å². The number of imidazole rings is 1. The molecule has 0 spiro atoms. The average Bonchev–Trinajstić information content (AvgIpc) is 3.02. The fraction of sp³-hybridized carbons (Fsp3) is 0.286. The second kappa shape index (κ2) is 9.42. The average molecular weight is 450 g/mol. The molecule has 0 fully saturated rings. The number of fused-ring (bicyclic) bond motifs is 1. The highest BCUT2D eigenvalue weighted by Crippen LogP contribution is 2.33. The highest BCUT2D eigenvalue weighted by molar-refractivity contribution is 7.99. The number of nitrogens with one attached hydrogen (secondary N) is 2. The zero-order valence-electron chi connectivity index (χ0n) is 16.9. The molecule has 2 aromatic carbocycles. The topological polar surface area (TPSA) is 76.0 Å². The number of halogens is 3. The summed E-state index contributed by atoms with van der Waals surface area (Å²) in [6.07, 6.45) is -4.48. The lowest BCUT2D eigenvalue weighted by Gasteiger charge is -2.11. The first kappa shape index (κ1) is 22.7. The summed E-state index contributed by atoms with van der Waals surface area (Å²) in [5.41, 5.74) is 0.858. The maximum absolute atomic E-state index is 13.1. The van der Waals surface area contributed by atoms with Crippen molar-refractivity contribution in [2.45, 2.75) is 37.8 Å². The minimum Gasteiger partial charge on any atom is -0.336 e. The van der Waals surface area contributed by atoms with E-state index in [1.807, 2.05) is 30.3 Å². The third-order valence-electron chi connectivity index (χ3n) is 4.23. The van der Waals surface area contributed by atoms with Gasteiger partial charge in [0.25, 0.3) is 0 Å². The van der Waals surface area contributed by atoms with Gasteiger partial charge in [0.1, 0.15) is 0 Å². The summed E-state index contributed by atoms with van der Waals surface area (Å²) < 4.78 is 41.1. The number of alkyl halides is 3. The van der Waals surface area contributed by atoms with Gasteiger partial charge in [-0.2, -0.15) is 13.2 Å². The number of urea groups is 1. The normalized spacial score (nSPS) is 11.7. The summed E-state index contributed by atoms with van der Waals surface area (Å²) >= 11 is 1.05. The van der Waals surface area contributed by atoms with E-state index in [-0.39, 0.29) is 17.3 Å². The summed E-state index contributed by atoms with van der Waals surface area (Å²) in [4.78, 5) is 28.1.